The van der Waals surface area contributed by atoms with E-state index in [2.05, 4.69) is 0 Å². The lowest BCUT2D eigenvalue weighted by Gasteiger charge is -2.46. The third kappa shape index (κ3) is 3.15. The van der Waals surface area contributed by atoms with Gasteiger partial charge in [0.2, 0.25) is 10.0 Å². The highest BCUT2D eigenvalue weighted by molar-refractivity contribution is 7.89. The summed E-state index contributed by atoms with van der Waals surface area (Å²) in [5, 5.41) is 9.35. The third-order valence-corrected chi connectivity index (χ3v) is 6.32. The molecule has 1 N–H and O–H groups in total. The molecule has 0 aromatic heterocycles. The molecule has 0 spiro atoms. The number of carboxylic acid groups (broad SMARTS) is 1. The number of hydrogen-bond donors (Lipinski definition) is 1. The molecule has 0 bridgehead atoms. The first-order valence-electron chi connectivity index (χ1n) is 7.20. The Labute approximate surface area is 120 Å². The molecule has 0 aromatic carbocycles. The standard InChI is InChI=1S/C13H23NO5S/c1-19-8-9-20(17,18)14-11-5-3-2-4-10(11)6-7-12(14)13(15)16/h10-12H,2-9H2,1H3,(H,15,16). The van der Waals surface area contributed by atoms with Gasteiger partial charge < -0.3 is 9.84 Å². The summed E-state index contributed by atoms with van der Waals surface area (Å²) in [6, 6.07) is -1.04. The SMILES string of the molecule is COCCS(=O)(=O)N1C(C(=O)O)CCC2CCCCC21. The molecule has 6 nitrogen and oxygen atoms in total. The van der Waals surface area contributed by atoms with E-state index in [4.69, 9.17) is 4.74 Å². The van der Waals surface area contributed by atoms with Crippen LogP contribution in [0.15, 0.2) is 0 Å². The molecule has 3 unspecified atom stereocenters. The van der Waals surface area contributed by atoms with E-state index in [1.54, 1.807) is 0 Å². The Kier molecular flexibility index (Phi) is 5.04. The second kappa shape index (κ2) is 6.41. The Morgan fingerprint density at radius 2 is 1.95 bits per heavy atom. The Balaban J connectivity index is 2.27. The van der Waals surface area contributed by atoms with Crippen molar-refractivity contribution in [2.45, 2.75) is 50.6 Å². The Morgan fingerprint density at radius 3 is 2.60 bits per heavy atom. The number of nitrogens with zero attached hydrogens (tertiary/aromatic N) is 1. The predicted molar refractivity (Wildman–Crippen MR) is 73.9 cm³/mol. The van der Waals surface area contributed by atoms with Crippen LogP contribution in [-0.4, -0.2) is 55.4 Å². The van der Waals surface area contributed by atoms with E-state index in [-0.39, 0.29) is 18.4 Å². The van der Waals surface area contributed by atoms with E-state index in [1.807, 2.05) is 0 Å². The highest BCUT2D eigenvalue weighted by atomic mass is 32.2. The second-order valence-electron chi connectivity index (χ2n) is 5.68. The fourth-order valence-electron chi connectivity index (χ4n) is 3.52. The molecule has 2 fully saturated rings. The van der Waals surface area contributed by atoms with Crippen molar-refractivity contribution >= 4 is 16.0 Å². The predicted octanol–water partition coefficient (Wildman–Crippen LogP) is 1.07. The number of sulfonamides is 1. The zero-order valence-electron chi connectivity index (χ0n) is 11.8. The molecule has 2 aliphatic rings. The first-order valence-corrected chi connectivity index (χ1v) is 8.81. The topological polar surface area (TPSA) is 83.9 Å². The normalized spacial score (nSPS) is 31.8. The van der Waals surface area contributed by atoms with Crippen molar-refractivity contribution in [3.8, 4) is 0 Å². The van der Waals surface area contributed by atoms with Gasteiger partial charge in [-0.1, -0.05) is 12.8 Å². The van der Waals surface area contributed by atoms with Gasteiger partial charge in [0.25, 0.3) is 0 Å². The number of fused-ring (bicyclic) bond motifs is 1. The van der Waals surface area contributed by atoms with Gasteiger partial charge >= 0.3 is 5.97 Å². The number of methoxy groups -OCH3 is 1. The van der Waals surface area contributed by atoms with E-state index in [1.165, 1.54) is 11.4 Å². The van der Waals surface area contributed by atoms with E-state index in [0.29, 0.717) is 12.3 Å². The summed E-state index contributed by atoms with van der Waals surface area (Å²) in [7, 11) is -2.13. The van der Waals surface area contributed by atoms with E-state index >= 15 is 0 Å². The van der Waals surface area contributed by atoms with Gasteiger partial charge in [0.05, 0.1) is 12.4 Å². The molecule has 1 heterocycles. The minimum Gasteiger partial charge on any atom is -0.480 e. The van der Waals surface area contributed by atoms with Crippen LogP contribution >= 0.6 is 0 Å². The number of carboxylic acids is 1. The number of piperidine rings is 1. The van der Waals surface area contributed by atoms with Gasteiger partial charge in [-0.15, -0.1) is 0 Å². The molecule has 116 valence electrons. The molecule has 0 amide bonds. The molecule has 1 saturated heterocycles. The smallest absolute Gasteiger partial charge is 0.322 e. The van der Waals surface area contributed by atoms with E-state index in [0.717, 1.165) is 32.1 Å². The third-order valence-electron chi connectivity index (χ3n) is 4.47. The van der Waals surface area contributed by atoms with Crippen LogP contribution in [0.4, 0.5) is 0 Å². The number of rotatable bonds is 5. The summed E-state index contributed by atoms with van der Waals surface area (Å²) in [6.45, 7) is 0.0998. The van der Waals surface area contributed by atoms with Crippen LogP contribution in [0.1, 0.15) is 38.5 Å². The van der Waals surface area contributed by atoms with Gasteiger partial charge in [-0.2, -0.15) is 4.31 Å². The fraction of sp³-hybridized carbons (Fsp3) is 0.923. The molecule has 3 atom stereocenters. The van der Waals surface area contributed by atoms with Crippen LogP contribution in [0.2, 0.25) is 0 Å². The Bertz CT molecular complexity index is 450. The highest BCUT2D eigenvalue weighted by Crippen LogP contribution is 2.39. The molecular formula is C13H23NO5S. The lowest BCUT2D eigenvalue weighted by atomic mass is 9.78. The maximum absolute atomic E-state index is 12.5. The molecule has 7 heteroatoms. The van der Waals surface area contributed by atoms with Crippen molar-refractivity contribution in [1.82, 2.24) is 4.31 Å². The molecule has 1 aliphatic carbocycles. The number of aliphatic carboxylic acids is 1. The zero-order valence-corrected chi connectivity index (χ0v) is 12.6. The van der Waals surface area contributed by atoms with Crippen LogP contribution in [0.3, 0.4) is 0 Å². The summed E-state index contributed by atoms with van der Waals surface area (Å²) in [5.41, 5.74) is 0. The van der Waals surface area contributed by atoms with Gasteiger partial charge in [-0.25, -0.2) is 8.42 Å². The average Bonchev–Trinajstić information content (AvgIpc) is 2.43. The summed E-state index contributed by atoms with van der Waals surface area (Å²) in [4.78, 5) is 11.4. The van der Waals surface area contributed by atoms with Gasteiger partial charge in [0, 0.05) is 13.2 Å². The van der Waals surface area contributed by atoms with Crippen LogP contribution in [0.25, 0.3) is 0 Å². The molecule has 1 aliphatic heterocycles. The summed E-state index contributed by atoms with van der Waals surface area (Å²) < 4.78 is 31.1. The van der Waals surface area contributed by atoms with Crippen molar-refractivity contribution in [3.05, 3.63) is 0 Å². The lowest BCUT2D eigenvalue weighted by Crippen LogP contribution is -2.58. The Hall–Kier alpha value is -0.660. The maximum atomic E-state index is 12.5. The summed E-state index contributed by atoms with van der Waals surface area (Å²) in [5.74, 6) is -0.858. The van der Waals surface area contributed by atoms with Crippen LogP contribution in [-0.2, 0) is 19.6 Å². The lowest BCUT2D eigenvalue weighted by molar-refractivity contribution is -0.144. The molecular weight excluding hydrogens is 282 g/mol. The minimum atomic E-state index is -3.58. The van der Waals surface area contributed by atoms with Gasteiger partial charge in [0.15, 0.2) is 0 Å². The van der Waals surface area contributed by atoms with Crippen LogP contribution < -0.4 is 0 Å². The number of carbonyl (C=O) groups is 1. The minimum absolute atomic E-state index is 0.0998. The van der Waals surface area contributed by atoms with Gasteiger partial charge in [-0.05, 0) is 31.6 Å². The number of ether oxygens (including phenoxy) is 1. The molecule has 20 heavy (non-hydrogen) atoms. The van der Waals surface area contributed by atoms with Crippen LogP contribution in [0.5, 0.6) is 0 Å². The highest BCUT2D eigenvalue weighted by Gasteiger charge is 2.46. The summed E-state index contributed by atoms with van der Waals surface area (Å²) in [6.07, 6.45) is 5.11. The van der Waals surface area contributed by atoms with Crippen molar-refractivity contribution in [1.29, 1.82) is 0 Å². The second-order valence-corrected chi connectivity index (χ2v) is 7.68. The zero-order chi connectivity index (χ0) is 14.8. The number of hydrogen-bond acceptors (Lipinski definition) is 4. The van der Waals surface area contributed by atoms with Crippen molar-refractivity contribution < 1.29 is 23.1 Å². The molecule has 0 aromatic rings. The monoisotopic (exact) mass is 305 g/mol. The quantitative estimate of drug-likeness (QED) is 0.821. The maximum Gasteiger partial charge on any atom is 0.322 e. The average molecular weight is 305 g/mol. The molecule has 0 radical (unpaired) electrons. The molecule has 2 rings (SSSR count). The summed E-state index contributed by atoms with van der Waals surface area (Å²) >= 11 is 0. The first-order chi connectivity index (χ1) is 9.47. The Morgan fingerprint density at radius 1 is 1.25 bits per heavy atom. The molecule has 1 saturated carbocycles. The van der Waals surface area contributed by atoms with Crippen molar-refractivity contribution in [2.24, 2.45) is 5.92 Å². The van der Waals surface area contributed by atoms with E-state index < -0.39 is 22.0 Å². The first kappa shape index (κ1) is 15.7. The van der Waals surface area contributed by atoms with Crippen LogP contribution in [0, 0.1) is 5.92 Å². The fourth-order valence-corrected chi connectivity index (χ4v) is 5.38. The van der Waals surface area contributed by atoms with Gasteiger partial charge in [0.1, 0.15) is 6.04 Å². The van der Waals surface area contributed by atoms with Gasteiger partial charge in [-0.3, -0.25) is 4.79 Å². The van der Waals surface area contributed by atoms with E-state index in [9.17, 15) is 18.3 Å². The van der Waals surface area contributed by atoms with Crippen molar-refractivity contribution in [3.63, 3.8) is 0 Å². The van der Waals surface area contributed by atoms with Crippen molar-refractivity contribution in [2.75, 3.05) is 19.5 Å². The largest absolute Gasteiger partial charge is 0.480 e.